The largest absolute Gasteiger partial charge is 0.496 e. The molecular formula is C31H33BFNO5. The van der Waals surface area contributed by atoms with Crippen LogP contribution in [0.1, 0.15) is 50.3 Å². The first-order valence-corrected chi connectivity index (χ1v) is 13.1. The van der Waals surface area contributed by atoms with Gasteiger partial charge in [0.1, 0.15) is 18.2 Å². The van der Waals surface area contributed by atoms with E-state index >= 15 is 0 Å². The molecule has 0 bridgehead atoms. The zero-order valence-electron chi connectivity index (χ0n) is 22.9. The molecule has 0 spiro atoms. The molecule has 0 unspecified atom stereocenters. The fraction of sp³-hybridized carbons (Fsp3) is 0.323. The van der Waals surface area contributed by atoms with Crippen LogP contribution < -0.4 is 10.1 Å². The van der Waals surface area contributed by atoms with Crippen LogP contribution in [0, 0.1) is 5.82 Å². The van der Waals surface area contributed by atoms with Gasteiger partial charge >= 0.3 is 13.2 Å². The molecule has 3 aromatic rings. The second-order valence-corrected chi connectivity index (χ2v) is 10.9. The molecule has 1 amide bonds. The van der Waals surface area contributed by atoms with Crippen molar-refractivity contribution in [3.63, 3.8) is 0 Å². The number of carbonyl (C=O) groups excluding carboxylic acids is 1. The van der Waals surface area contributed by atoms with Crippen LogP contribution in [0.25, 0.3) is 17.2 Å². The zero-order valence-corrected chi connectivity index (χ0v) is 22.9. The lowest BCUT2D eigenvalue weighted by molar-refractivity contribution is 0.00578. The van der Waals surface area contributed by atoms with E-state index in [2.05, 4.69) is 29.6 Å². The second-order valence-electron chi connectivity index (χ2n) is 10.9. The van der Waals surface area contributed by atoms with E-state index in [1.807, 2.05) is 52.0 Å². The summed E-state index contributed by atoms with van der Waals surface area (Å²) in [5.41, 5.74) is 4.76. The molecule has 0 atom stereocenters. The summed E-state index contributed by atoms with van der Waals surface area (Å²) in [4.78, 5) is 12.9. The fourth-order valence-corrected chi connectivity index (χ4v) is 5.02. The molecule has 1 saturated heterocycles. The molecular weight excluding hydrogens is 496 g/mol. The van der Waals surface area contributed by atoms with Crippen molar-refractivity contribution < 1.29 is 28.0 Å². The summed E-state index contributed by atoms with van der Waals surface area (Å²) in [6.07, 6.45) is 1.25. The van der Waals surface area contributed by atoms with Gasteiger partial charge in [0, 0.05) is 24.1 Å². The van der Waals surface area contributed by atoms with Crippen LogP contribution >= 0.6 is 0 Å². The molecule has 1 aliphatic heterocycles. The number of carbonyl (C=O) groups is 1. The number of hydrogen-bond donors (Lipinski definition) is 1. The summed E-state index contributed by atoms with van der Waals surface area (Å²) < 4.78 is 37.4. The van der Waals surface area contributed by atoms with E-state index in [4.69, 9.17) is 18.8 Å². The van der Waals surface area contributed by atoms with Gasteiger partial charge < -0.3 is 24.1 Å². The van der Waals surface area contributed by atoms with Crippen molar-refractivity contribution in [2.75, 3.05) is 20.3 Å². The van der Waals surface area contributed by atoms with E-state index in [0.717, 1.165) is 11.1 Å². The Bertz CT molecular complexity index is 1360. The molecule has 1 N–H and O–H groups in total. The van der Waals surface area contributed by atoms with Gasteiger partial charge in [-0.2, -0.15) is 0 Å². The van der Waals surface area contributed by atoms with Gasteiger partial charge in [0.25, 0.3) is 0 Å². The van der Waals surface area contributed by atoms with E-state index in [0.29, 0.717) is 16.8 Å². The number of alkyl carbamates (subject to hydrolysis) is 1. The Labute approximate surface area is 229 Å². The van der Waals surface area contributed by atoms with E-state index in [1.54, 1.807) is 12.1 Å². The summed E-state index contributed by atoms with van der Waals surface area (Å²) in [6.45, 7) is 8.16. The number of methoxy groups -OCH3 is 1. The predicted molar refractivity (Wildman–Crippen MR) is 150 cm³/mol. The van der Waals surface area contributed by atoms with E-state index in [1.165, 1.54) is 30.4 Å². The summed E-state index contributed by atoms with van der Waals surface area (Å²) >= 11 is 0. The van der Waals surface area contributed by atoms with Gasteiger partial charge in [0.15, 0.2) is 0 Å². The van der Waals surface area contributed by atoms with Crippen molar-refractivity contribution >= 4 is 19.3 Å². The first kappa shape index (κ1) is 27.0. The number of halogens is 1. The molecule has 1 aliphatic carbocycles. The van der Waals surface area contributed by atoms with E-state index in [9.17, 15) is 9.18 Å². The van der Waals surface area contributed by atoms with Gasteiger partial charge in [-0.15, -0.1) is 0 Å². The Hall–Kier alpha value is -3.62. The number of benzene rings is 3. The minimum Gasteiger partial charge on any atom is -0.496 e. The predicted octanol–water partition coefficient (Wildman–Crippen LogP) is 6.39. The molecule has 202 valence electrons. The Morgan fingerprint density at radius 1 is 0.974 bits per heavy atom. The van der Waals surface area contributed by atoms with Crippen LogP contribution in [0.15, 0.2) is 72.2 Å². The molecule has 3 aromatic carbocycles. The molecule has 5 rings (SSSR count). The lowest BCUT2D eigenvalue weighted by Gasteiger charge is -2.32. The Balaban J connectivity index is 1.32. The highest BCUT2D eigenvalue weighted by atomic mass is 19.1. The minimum absolute atomic E-state index is 0.0373. The van der Waals surface area contributed by atoms with Crippen molar-refractivity contribution in [1.82, 2.24) is 5.32 Å². The lowest BCUT2D eigenvalue weighted by Crippen LogP contribution is -2.41. The normalized spacial score (nSPS) is 17.5. The number of amides is 1. The number of nitrogens with one attached hydrogen (secondary N) is 1. The third kappa shape index (κ3) is 5.31. The Kier molecular flexibility index (Phi) is 7.27. The van der Waals surface area contributed by atoms with Crippen molar-refractivity contribution in [3.05, 3.63) is 94.7 Å². The molecule has 1 fully saturated rings. The molecule has 1 heterocycles. The average Bonchev–Trinajstić information content (AvgIpc) is 3.34. The summed E-state index contributed by atoms with van der Waals surface area (Å²) in [5, 5.41) is 2.85. The number of rotatable bonds is 7. The maximum absolute atomic E-state index is 13.8. The van der Waals surface area contributed by atoms with Crippen molar-refractivity contribution in [3.8, 4) is 16.9 Å². The number of fused-ring (bicyclic) bond motifs is 3. The van der Waals surface area contributed by atoms with Crippen LogP contribution in [0.5, 0.6) is 5.75 Å². The molecule has 2 aliphatic rings. The maximum atomic E-state index is 13.8. The summed E-state index contributed by atoms with van der Waals surface area (Å²) in [5.74, 6) is -0.0761. The number of hydrogen-bond acceptors (Lipinski definition) is 5. The van der Waals surface area contributed by atoms with Gasteiger partial charge in [-0.25, -0.2) is 9.18 Å². The fourth-order valence-electron chi connectivity index (χ4n) is 5.02. The highest BCUT2D eigenvalue weighted by Gasteiger charge is 2.52. The highest BCUT2D eigenvalue weighted by Crippen LogP contribution is 2.44. The van der Waals surface area contributed by atoms with E-state index < -0.39 is 30.2 Å². The number of ether oxygens (including phenoxy) is 2. The van der Waals surface area contributed by atoms with E-state index in [-0.39, 0.29) is 19.1 Å². The van der Waals surface area contributed by atoms with Crippen LogP contribution in [0.4, 0.5) is 9.18 Å². The zero-order chi connectivity index (χ0) is 27.8. The summed E-state index contributed by atoms with van der Waals surface area (Å²) in [7, 11) is 0.758. The smallest absolute Gasteiger partial charge is 0.492 e. The third-order valence-corrected chi connectivity index (χ3v) is 7.87. The standard InChI is InChI=1S/C31H33BFNO5/c1-30(2)31(3,4)39-32(38-30)21(16-20-14-15-22(33)17-28(20)36-5)18-34-29(35)37-19-27-25-12-8-6-10-23(25)24-11-7-9-13-26(24)27/h6-17,27H,18-19H2,1-5H3,(H,34,35). The monoisotopic (exact) mass is 529 g/mol. The molecule has 0 aromatic heterocycles. The molecule has 0 saturated carbocycles. The van der Waals surface area contributed by atoms with Crippen LogP contribution in [0.2, 0.25) is 0 Å². The Morgan fingerprint density at radius 3 is 2.15 bits per heavy atom. The molecule has 39 heavy (non-hydrogen) atoms. The molecule has 6 nitrogen and oxygen atoms in total. The van der Waals surface area contributed by atoms with Crippen molar-refractivity contribution in [2.45, 2.75) is 44.8 Å². The van der Waals surface area contributed by atoms with Gasteiger partial charge in [0.2, 0.25) is 0 Å². The Morgan fingerprint density at radius 2 is 1.56 bits per heavy atom. The van der Waals surface area contributed by atoms with Crippen LogP contribution in [0.3, 0.4) is 0 Å². The van der Waals surface area contributed by atoms with Gasteiger partial charge in [-0.1, -0.05) is 54.6 Å². The topological polar surface area (TPSA) is 66.0 Å². The first-order chi connectivity index (χ1) is 18.6. The van der Waals surface area contributed by atoms with Crippen LogP contribution in [-0.4, -0.2) is 44.7 Å². The highest BCUT2D eigenvalue weighted by molar-refractivity contribution is 6.56. The lowest BCUT2D eigenvalue weighted by atomic mass is 9.77. The summed E-state index contributed by atoms with van der Waals surface area (Å²) in [6, 6.07) is 20.7. The van der Waals surface area contributed by atoms with Gasteiger partial charge in [0.05, 0.1) is 18.3 Å². The second kappa shape index (κ2) is 10.5. The van der Waals surface area contributed by atoms with Crippen LogP contribution in [-0.2, 0) is 14.0 Å². The van der Waals surface area contributed by atoms with Gasteiger partial charge in [-0.3, -0.25) is 0 Å². The molecule has 8 heteroatoms. The molecule has 0 radical (unpaired) electrons. The van der Waals surface area contributed by atoms with Crippen molar-refractivity contribution in [2.24, 2.45) is 0 Å². The SMILES string of the molecule is COc1cc(F)ccc1C=C(CNC(=O)OCC1c2ccccc2-c2ccccc21)B1OC(C)(C)C(C)(C)O1. The first-order valence-electron chi connectivity index (χ1n) is 13.1. The van der Waals surface area contributed by atoms with Crippen molar-refractivity contribution in [1.29, 1.82) is 0 Å². The van der Waals surface area contributed by atoms with Gasteiger partial charge in [-0.05, 0) is 67.6 Å². The average molecular weight is 529 g/mol. The minimum atomic E-state index is -0.723. The quantitative estimate of drug-likeness (QED) is 0.360. The third-order valence-electron chi connectivity index (χ3n) is 7.87. The maximum Gasteiger partial charge on any atom is 0.492 e.